The minimum absolute atomic E-state index is 0.0291. The van der Waals surface area contributed by atoms with Crippen LogP contribution in [0.15, 0.2) is 0 Å². The van der Waals surface area contributed by atoms with Gasteiger partial charge in [0.15, 0.2) is 0 Å². The fraction of sp³-hybridized carbons (Fsp3) is 1.00. The highest BCUT2D eigenvalue weighted by atomic mass is 32.2. The van der Waals surface area contributed by atoms with Gasteiger partial charge in [0.05, 0.1) is 0 Å². The van der Waals surface area contributed by atoms with Crippen LogP contribution in [0.25, 0.3) is 0 Å². The zero-order valence-electron chi connectivity index (χ0n) is 9.55. The highest BCUT2D eigenvalue weighted by Crippen LogP contribution is 2.31. The predicted molar refractivity (Wildman–Crippen MR) is 105 cm³/mol. The summed E-state index contributed by atoms with van der Waals surface area (Å²) in [4.78, 5) is 0. The van der Waals surface area contributed by atoms with Crippen LogP contribution in [0.3, 0.4) is 0 Å². The summed E-state index contributed by atoms with van der Waals surface area (Å²) in [6.45, 7) is 0. The van der Waals surface area contributed by atoms with Crippen LogP contribution in [0.5, 0.6) is 0 Å². The number of hydrogen-bond acceptors (Lipinski definition) is 7. The largest absolute Gasteiger partial charge is 0.178 e. The average molecular weight is 367 g/mol. The third kappa shape index (κ3) is 9.08. The molecule has 0 nitrogen and oxygen atoms in total. The van der Waals surface area contributed by atoms with Gasteiger partial charge in [-0.3, -0.25) is 0 Å². The van der Waals surface area contributed by atoms with Gasteiger partial charge < -0.3 is 0 Å². The van der Waals surface area contributed by atoms with Crippen molar-refractivity contribution >= 4 is 88.4 Å². The molecule has 0 aliphatic rings. The maximum Gasteiger partial charge on any atom is 0.0481 e. The SMILES string of the molecule is SCC(S)CCC(S)C(CC(S)CS)C(S)S. The fourth-order valence-electron chi connectivity index (χ4n) is 1.53. The van der Waals surface area contributed by atoms with Gasteiger partial charge in [-0.15, -0.1) is 0 Å². The Kier molecular flexibility index (Phi) is 12.8. The van der Waals surface area contributed by atoms with E-state index in [1.54, 1.807) is 0 Å². The Hall–Kier alpha value is 2.45. The Balaban J connectivity index is 4.19. The van der Waals surface area contributed by atoms with Crippen LogP contribution in [0.2, 0.25) is 0 Å². The molecular formula is C10H22S7. The predicted octanol–water partition coefficient (Wildman–Crippen LogP) is 3.71. The summed E-state index contributed by atoms with van der Waals surface area (Å²) in [5, 5.41) is 0.888. The van der Waals surface area contributed by atoms with Crippen LogP contribution in [0.1, 0.15) is 19.3 Å². The van der Waals surface area contributed by atoms with E-state index in [9.17, 15) is 0 Å². The third-order valence-electron chi connectivity index (χ3n) is 2.64. The zero-order valence-corrected chi connectivity index (χ0v) is 15.8. The molecule has 7 heteroatoms. The Labute approximate surface area is 144 Å². The van der Waals surface area contributed by atoms with Gasteiger partial charge in [0.2, 0.25) is 0 Å². The van der Waals surface area contributed by atoms with Gasteiger partial charge in [0, 0.05) is 31.8 Å². The molecule has 4 unspecified atom stereocenters. The molecule has 0 fully saturated rings. The number of hydrogen-bond donors (Lipinski definition) is 7. The summed E-state index contributed by atoms with van der Waals surface area (Å²) >= 11 is 30.9. The molecule has 0 N–H and O–H groups in total. The molecule has 0 amide bonds. The quantitative estimate of drug-likeness (QED) is 0.235. The van der Waals surface area contributed by atoms with Crippen molar-refractivity contribution in [3.05, 3.63) is 0 Å². The van der Waals surface area contributed by atoms with Crippen molar-refractivity contribution in [3.63, 3.8) is 0 Å². The third-order valence-corrected chi connectivity index (χ3v) is 6.34. The minimum Gasteiger partial charge on any atom is -0.178 e. The number of rotatable bonds is 9. The topological polar surface area (TPSA) is 0 Å². The lowest BCUT2D eigenvalue weighted by Gasteiger charge is -2.28. The lowest BCUT2D eigenvalue weighted by Crippen LogP contribution is -2.26. The highest BCUT2D eigenvalue weighted by molar-refractivity contribution is 7.99. The van der Waals surface area contributed by atoms with Crippen molar-refractivity contribution in [1.29, 1.82) is 0 Å². The van der Waals surface area contributed by atoms with Crippen LogP contribution in [0, 0.1) is 5.92 Å². The molecule has 0 heterocycles. The van der Waals surface area contributed by atoms with E-state index in [1.165, 1.54) is 0 Å². The Morgan fingerprint density at radius 1 is 0.706 bits per heavy atom. The van der Waals surface area contributed by atoms with E-state index in [0.717, 1.165) is 30.8 Å². The Morgan fingerprint density at radius 3 is 1.65 bits per heavy atom. The van der Waals surface area contributed by atoms with Gasteiger partial charge in [-0.25, -0.2) is 0 Å². The van der Waals surface area contributed by atoms with Gasteiger partial charge in [-0.05, 0) is 25.2 Å². The van der Waals surface area contributed by atoms with E-state index in [2.05, 4.69) is 88.4 Å². The molecule has 104 valence electrons. The molecular weight excluding hydrogens is 345 g/mol. The molecule has 0 radical (unpaired) electrons. The summed E-state index contributed by atoms with van der Waals surface area (Å²) in [6, 6.07) is 0. The fourth-order valence-corrected chi connectivity index (χ4v) is 3.63. The van der Waals surface area contributed by atoms with Gasteiger partial charge in [0.25, 0.3) is 0 Å². The van der Waals surface area contributed by atoms with Crippen LogP contribution in [-0.4, -0.2) is 31.8 Å². The van der Waals surface area contributed by atoms with Crippen LogP contribution in [0.4, 0.5) is 0 Å². The van der Waals surface area contributed by atoms with Crippen molar-refractivity contribution < 1.29 is 0 Å². The molecule has 0 spiro atoms. The van der Waals surface area contributed by atoms with E-state index >= 15 is 0 Å². The van der Waals surface area contributed by atoms with E-state index in [1.807, 2.05) is 0 Å². The van der Waals surface area contributed by atoms with Crippen molar-refractivity contribution in [3.8, 4) is 0 Å². The second-order valence-electron chi connectivity index (χ2n) is 4.13. The molecule has 0 rings (SSSR count). The average Bonchev–Trinajstić information content (AvgIpc) is 2.31. The molecule has 0 aliphatic carbocycles. The molecule has 0 saturated heterocycles. The van der Waals surface area contributed by atoms with E-state index in [4.69, 9.17) is 0 Å². The number of thiol groups is 7. The first-order valence-corrected chi connectivity index (χ1v) is 9.39. The lowest BCUT2D eigenvalue weighted by molar-refractivity contribution is 0.480. The van der Waals surface area contributed by atoms with Gasteiger partial charge >= 0.3 is 0 Å². The summed E-state index contributed by atoms with van der Waals surface area (Å²) in [7, 11) is 0. The monoisotopic (exact) mass is 366 g/mol. The molecule has 0 aromatic heterocycles. The molecule has 17 heavy (non-hydrogen) atoms. The summed E-state index contributed by atoms with van der Waals surface area (Å²) in [5.74, 6) is 1.89. The van der Waals surface area contributed by atoms with Crippen molar-refractivity contribution in [1.82, 2.24) is 0 Å². The molecule has 4 atom stereocenters. The molecule has 0 aromatic rings. The second kappa shape index (κ2) is 11.1. The molecule has 0 saturated carbocycles. The molecule has 0 bridgehead atoms. The minimum atomic E-state index is 0.0291. The first kappa shape index (κ1) is 19.4. The molecule has 0 aromatic carbocycles. The highest BCUT2D eigenvalue weighted by Gasteiger charge is 2.25. The van der Waals surface area contributed by atoms with Crippen LogP contribution < -0.4 is 0 Å². The summed E-state index contributed by atoms with van der Waals surface area (Å²) in [5.41, 5.74) is 0. The van der Waals surface area contributed by atoms with Crippen LogP contribution >= 0.6 is 88.4 Å². The van der Waals surface area contributed by atoms with E-state index < -0.39 is 0 Å². The van der Waals surface area contributed by atoms with E-state index in [0.29, 0.717) is 11.2 Å². The Morgan fingerprint density at radius 2 is 1.24 bits per heavy atom. The van der Waals surface area contributed by atoms with E-state index in [-0.39, 0.29) is 15.1 Å². The first-order valence-electron chi connectivity index (χ1n) is 5.54. The van der Waals surface area contributed by atoms with Crippen molar-refractivity contribution in [2.75, 3.05) is 11.5 Å². The lowest BCUT2D eigenvalue weighted by atomic mass is 9.97. The van der Waals surface area contributed by atoms with Gasteiger partial charge in [-0.2, -0.15) is 88.4 Å². The van der Waals surface area contributed by atoms with Gasteiger partial charge in [-0.1, -0.05) is 0 Å². The maximum atomic E-state index is 4.68. The second-order valence-corrected chi connectivity index (χ2v) is 8.50. The van der Waals surface area contributed by atoms with Gasteiger partial charge in [0.1, 0.15) is 0 Å². The first-order chi connectivity index (χ1) is 7.92. The standard InChI is InChI=1S/C10H22S7/c11-4-6(13)1-2-9(15)8(10(16)17)3-7(14)5-12/h6-17H,1-5H2. The van der Waals surface area contributed by atoms with Crippen molar-refractivity contribution in [2.24, 2.45) is 5.92 Å². The Bertz CT molecular complexity index is 187. The van der Waals surface area contributed by atoms with Crippen molar-refractivity contribution in [2.45, 2.75) is 39.6 Å². The zero-order chi connectivity index (χ0) is 13.4. The summed E-state index contributed by atoms with van der Waals surface area (Å²) < 4.78 is 0.0291. The van der Waals surface area contributed by atoms with Crippen LogP contribution in [-0.2, 0) is 0 Å². The normalized spacial score (nSPS) is 19.1. The smallest absolute Gasteiger partial charge is 0.0481 e. The molecule has 0 aliphatic heterocycles. The maximum absolute atomic E-state index is 4.68. The summed E-state index contributed by atoms with van der Waals surface area (Å²) in [6.07, 6.45) is 2.97.